The van der Waals surface area contributed by atoms with Crippen LogP contribution in [-0.2, 0) is 13.1 Å². The van der Waals surface area contributed by atoms with Crippen molar-refractivity contribution in [3.05, 3.63) is 87.2 Å². The number of nitrogens with zero attached hydrogens (tertiary/aromatic N) is 5. The fraction of sp³-hybridized carbons (Fsp3) is 0.348. The fourth-order valence-electron chi connectivity index (χ4n) is 4.40. The highest BCUT2D eigenvalue weighted by Gasteiger charge is 2.32. The Morgan fingerprint density at radius 2 is 1.94 bits per heavy atom. The molecule has 1 aliphatic rings. The summed E-state index contributed by atoms with van der Waals surface area (Å²) in [6, 6.07) is 16.4. The first-order valence-electron chi connectivity index (χ1n) is 10.6. The van der Waals surface area contributed by atoms with E-state index in [-0.39, 0.29) is 6.04 Å². The molecule has 160 valence electrons. The van der Waals surface area contributed by atoms with Crippen molar-refractivity contribution < 1.29 is 4.42 Å². The fourth-order valence-corrected chi connectivity index (χ4v) is 5.26. The van der Waals surface area contributed by atoms with E-state index in [1.807, 2.05) is 24.3 Å². The van der Waals surface area contributed by atoms with Gasteiger partial charge in [-0.15, -0.1) is 16.4 Å². The minimum absolute atomic E-state index is 0.125. The molecule has 3 aromatic heterocycles. The Kier molecular flexibility index (Phi) is 6.15. The average Bonchev–Trinajstić information content (AvgIpc) is 3.57. The van der Waals surface area contributed by atoms with Crippen LogP contribution in [0.5, 0.6) is 0 Å². The van der Waals surface area contributed by atoms with E-state index in [1.165, 1.54) is 17.7 Å². The third-order valence-corrected chi connectivity index (χ3v) is 6.98. The van der Waals surface area contributed by atoms with Crippen molar-refractivity contribution in [3.63, 3.8) is 0 Å². The van der Waals surface area contributed by atoms with Gasteiger partial charge in [0.1, 0.15) is 5.76 Å². The van der Waals surface area contributed by atoms with Crippen molar-refractivity contribution in [2.75, 3.05) is 0 Å². The predicted molar refractivity (Wildman–Crippen MR) is 121 cm³/mol. The SMILES string of the molecule is Clc1ccc([C@@H](c2nnnn2C2CCCC2)N(Cc2ccco2)Cc2cccs2)cc1. The van der Waals surface area contributed by atoms with E-state index < -0.39 is 0 Å². The van der Waals surface area contributed by atoms with E-state index >= 15 is 0 Å². The maximum Gasteiger partial charge on any atom is 0.173 e. The van der Waals surface area contributed by atoms with Gasteiger partial charge in [-0.3, -0.25) is 4.90 Å². The Morgan fingerprint density at radius 1 is 1.10 bits per heavy atom. The zero-order valence-electron chi connectivity index (χ0n) is 17.1. The summed E-state index contributed by atoms with van der Waals surface area (Å²) in [5.41, 5.74) is 1.11. The van der Waals surface area contributed by atoms with Gasteiger partial charge < -0.3 is 4.42 Å². The lowest BCUT2D eigenvalue weighted by atomic mass is 10.0. The number of hydrogen-bond donors (Lipinski definition) is 0. The normalized spacial score (nSPS) is 15.7. The number of thiophene rings is 1. The van der Waals surface area contributed by atoms with E-state index in [0.29, 0.717) is 17.6 Å². The number of halogens is 1. The van der Waals surface area contributed by atoms with E-state index in [4.69, 9.17) is 16.0 Å². The second kappa shape index (κ2) is 9.34. The molecule has 31 heavy (non-hydrogen) atoms. The molecule has 3 heterocycles. The van der Waals surface area contributed by atoms with Crippen molar-refractivity contribution in [3.8, 4) is 0 Å². The topological polar surface area (TPSA) is 60.0 Å². The van der Waals surface area contributed by atoms with Crippen LogP contribution in [0.2, 0.25) is 5.02 Å². The van der Waals surface area contributed by atoms with Crippen molar-refractivity contribution in [2.45, 2.75) is 50.9 Å². The second-order valence-electron chi connectivity index (χ2n) is 7.94. The van der Waals surface area contributed by atoms with Crippen LogP contribution < -0.4 is 0 Å². The first-order valence-corrected chi connectivity index (χ1v) is 11.9. The first-order chi connectivity index (χ1) is 15.3. The lowest BCUT2D eigenvalue weighted by Crippen LogP contribution is -2.31. The maximum absolute atomic E-state index is 6.21. The zero-order chi connectivity index (χ0) is 21.0. The Balaban J connectivity index is 1.58. The van der Waals surface area contributed by atoms with Crippen molar-refractivity contribution in [1.29, 1.82) is 0 Å². The van der Waals surface area contributed by atoms with Gasteiger partial charge >= 0.3 is 0 Å². The average molecular weight is 454 g/mol. The third kappa shape index (κ3) is 4.59. The van der Waals surface area contributed by atoms with E-state index in [9.17, 15) is 0 Å². The lowest BCUT2D eigenvalue weighted by molar-refractivity contribution is 0.179. The number of hydrogen-bond acceptors (Lipinski definition) is 6. The van der Waals surface area contributed by atoms with Crippen molar-refractivity contribution in [1.82, 2.24) is 25.1 Å². The predicted octanol–water partition coefficient (Wildman–Crippen LogP) is 5.89. The minimum atomic E-state index is -0.125. The molecule has 1 fully saturated rings. The molecule has 1 aromatic carbocycles. The highest BCUT2D eigenvalue weighted by molar-refractivity contribution is 7.09. The Morgan fingerprint density at radius 3 is 2.65 bits per heavy atom. The quantitative estimate of drug-likeness (QED) is 0.333. The highest BCUT2D eigenvalue weighted by atomic mass is 35.5. The summed E-state index contributed by atoms with van der Waals surface area (Å²) in [5.74, 6) is 1.78. The number of benzene rings is 1. The molecule has 0 unspecified atom stereocenters. The summed E-state index contributed by atoms with van der Waals surface area (Å²) in [5, 5.41) is 15.9. The molecule has 0 N–H and O–H groups in total. The van der Waals surface area contributed by atoms with Crippen LogP contribution in [-0.4, -0.2) is 25.1 Å². The molecule has 4 aromatic rings. The summed E-state index contributed by atoms with van der Waals surface area (Å²) < 4.78 is 7.77. The maximum atomic E-state index is 6.21. The van der Waals surface area contributed by atoms with Crippen molar-refractivity contribution in [2.24, 2.45) is 0 Å². The Labute approximate surface area is 190 Å². The molecule has 0 amide bonds. The first kappa shape index (κ1) is 20.4. The number of furan rings is 1. The highest BCUT2D eigenvalue weighted by Crippen LogP contribution is 2.36. The minimum Gasteiger partial charge on any atom is -0.468 e. The van der Waals surface area contributed by atoms with Crippen molar-refractivity contribution >= 4 is 22.9 Å². The number of rotatable bonds is 8. The monoisotopic (exact) mass is 453 g/mol. The smallest absolute Gasteiger partial charge is 0.173 e. The second-order valence-corrected chi connectivity index (χ2v) is 9.41. The number of aromatic nitrogens is 4. The molecular weight excluding hydrogens is 430 g/mol. The molecular formula is C23H24ClN5OS. The zero-order valence-corrected chi connectivity index (χ0v) is 18.7. The van der Waals surface area contributed by atoms with E-state index in [1.54, 1.807) is 17.6 Å². The van der Waals surface area contributed by atoms with Crippen LogP contribution in [0, 0.1) is 0 Å². The van der Waals surface area contributed by atoms with Gasteiger partial charge in [0, 0.05) is 16.4 Å². The Hall–Kier alpha value is -2.48. The molecule has 1 aliphatic carbocycles. The van der Waals surface area contributed by atoms with E-state index in [2.05, 4.69) is 54.8 Å². The van der Waals surface area contributed by atoms with Gasteiger partial charge in [0.05, 0.1) is 24.9 Å². The summed E-state index contributed by atoms with van der Waals surface area (Å²) in [7, 11) is 0. The summed E-state index contributed by atoms with van der Waals surface area (Å²) >= 11 is 7.97. The van der Waals surface area contributed by atoms with Crippen LogP contribution in [0.25, 0.3) is 0 Å². The molecule has 0 saturated heterocycles. The molecule has 1 saturated carbocycles. The molecule has 0 aliphatic heterocycles. The van der Waals surface area contributed by atoms with Gasteiger partial charge in [0.2, 0.25) is 0 Å². The van der Waals surface area contributed by atoms with Gasteiger partial charge in [0.15, 0.2) is 5.82 Å². The Bertz CT molecular complexity index is 1040. The van der Waals surface area contributed by atoms with Gasteiger partial charge in [-0.25, -0.2) is 4.68 Å². The molecule has 1 atom stereocenters. The molecule has 6 nitrogen and oxygen atoms in total. The van der Waals surface area contributed by atoms with Crippen LogP contribution in [0.1, 0.15) is 59.8 Å². The van der Waals surface area contributed by atoms with Gasteiger partial charge in [0.25, 0.3) is 0 Å². The summed E-state index contributed by atoms with van der Waals surface area (Å²) in [6.07, 6.45) is 6.41. The molecule has 5 rings (SSSR count). The van der Waals surface area contributed by atoms with Crippen LogP contribution in [0.3, 0.4) is 0 Å². The van der Waals surface area contributed by atoms with Crippen LogP contribution >= 0.6 is 22.9 Å². The molecule has 8 heteroatoms. The van der Waals surface area contributed by atoms with Crippen LogP contribution in [0.15, 0.2) is 64.6 Å². The van der Waals surface area contributed by atoms with Gasteiger partial charge in [-0.2, -0.15) is 0 Å². The van der Waals surface area contributed by atoms with Gasteiger partial charge in [-0.1, -0.05) is 42.6 Å². The molecule has 0 radical (unpaired) electrons. The van der Waals surface area contributed by atoms with Gasteiger partial charge in [-0.05, 0) is 64.5 Å². The largest absolute Gasteiger partial charge is 0.468 e. The standard InChI is InChI=1S/C23H24ClN5OS/c24-18-11-9-17(10-12-18)22(23-25-26-27-29(23)19-5-1-2-6-19)28(15-20-7-3-13-30-20)16-21-8-4-14-31-21/h3-4,7-14,19,22H,1-2,5-6,15-16H2/t22-/m0/s1. The molecule has 0 bridgehead atoms. The lowest BCUT2D eigenvalue weighted by Gasteiger charge is -2.31. The summed E-state index contributed by atoms with van der Waals surface area (Å²) in [6.45, 7) is 1.42. The van der Waals surface area contributed by atoms with Crippen LogP contribution in [0.4, 0.5) is 0 Å². The van der Waals surface area contributed by atoms with E-state index in [0.717, 1.165) is 36.5 Å². The number of tetrazole rings is 1. The molecule has 0 spiro atoms. The third-order valence-electron chi connectivity index (χ3n) is 5.86. The summed E-state index contributed by atoms with van der Waals surface area (Å²) in [4.78, 5) is 3.66.